The number of nitrogens with zero attached hydrogens (tertiary/aromatic N) is 1. The Kier molecular flexibility index (Phi) is 4.60. The molecule has 20 heavy (non-hydrogen) atoms. The van der Waals surface area contributed by atoms with Crippen molar-refractivity contribution in [1.82, 2.24) is 10.2 Å². The van der Waals surface area contributed by atoms with Crippen LogP contribution >= 0.6 is 0 Å². The summed E-state index contributed by atoms with van der Waals surface area (Å²) in [7, 11) is 0. The number of rotatable bonds is 4. The molecular formula is C15H22FN3O. The van der Waals surface area contributed by atoms with Gasteiger partial charge in [-0.05, 0) is 51.9 Å². The quantitative estimate of drug-likeness (QED) is 0.828. The Morgan fingerprint density at radius 1 is 1.45 bits per heavy atom. The van der Waals surface area contributed by atoms with E-state index in [0.29, 0.717) is 23.8 Å². The SMILES string of the molecule is Cc1c(N)cc(C(=O)NCC(C)N2CCCC2)cc1F. The number of amides is 1. The largest absolute Gasteiger partial charge is 0.398 e. The number of nitrogens with two attached hydrogens (primary N) is 1. The summed E-state index contributed by atoms with van der Waals surface area (Å²) in [6, 6.07) is 3.06. The molecule has 2 rings (SSSR count). The molecule has 1 heterocycles. The second-order valence-corrected chi connectivity index (χ2v) is 5.47. The van der Waals surface area contributed by atoms with Gasteiger partial charge in [0.2, 0.25) is 0 Å². The van der Waals surface area contributed by atoms with Crippen LogP contribution in [0.3, 0.4) is 0 Å². The van der Waals surface area contributed by atoms with E-state index < -0.39 is 5.82 Å². The minimum Gasteiger partial charge on any atom is -0.398 e. The number of halogens is 1. The molecule has 1 aliphatic rings. The Labute approximate surface area is 119 Å². The summed E-state index contributed by atoms with van der Waals surface area (Å²) in [6.45, 7) is 6.43. The topological polar surface area (TPSA) is 58.4 Å². The van der Waals surface area contributed by atoms with Crippen molar-refractivity contribution in [2.24, 2.45) is 0 Å². The zero-order chi connectivity index (χ0) is 14.7. The van der Waals surface area contributed by atoms with Gasteiger partial charge in [-0.15, -0.1) is 0 Å². The Bertz CT molecular complexity index is 475. The number of hydrogen-bond donors (Lipinski definition) is 2. The van der Waals surface area contributed by atoms with Gasteiger partial charge in [0.1, 0.15) is 5.82 Å². The summed E-state index contributed by atoms with van der Waals surface area (Å²) < 4.78 is 13.6. The first kappa shape index (κ1) is 14.8. The lowest BCUT2D eigenvalue weighted by atomic mass is 10.1. The van der Waals surface area contributed by atoms with Crippen molar-refractivity contribution in [2.75, 3.05) is 25.4 Å². The van der Waals surface area contributed by atoms with Gasteiger partial charge in [-0.2, -0.15) is 0 Å². The summed E-state index contributed by atoms with van der Waals surface area (Å²) in [5.41, 5.74) is 6.65. The molecule has 4 nitrogen and oxygen atoms in total. The molecule has 0 aliphatic carbocycles. The first-order valence-corrected chi connectivity index (χ1v) is 7.07. The van der Waals surface area contributed by atoms with E-state index in [1.54, 1.807) is 6.92 Å². The van der Waals surface area contributed by atoms with E-state index in [2.05, 4.69) is 17.1 Å². The van der Waals surface area contributed by atoms with Crippen LogP contribution in [0, 0.1) is 12.7 Å². The monoisotopic (exact) mass is 279 g/mol. The number of carbonyl (C=O) groups excluding carboxylic acids is 1. The molecule has 3 N–H and O–H groups in total. The number of likely N-dealkylation sites (tertiary alicyclic amines) is 1. The fourth-order valence-electron chi connectivity index (χ4n) is 2.49. The van der Waals surface area contributed by atoms with Crippen molar-refractivity contribution in [3.8, 4) is 0 Å². The average Bonchev–Trinajstić information content (AvgIpc) is 2.95. The maximum Gasteiger partial charge on any atom is 0.251 e. The lowest BCUT2D eigenvalue weighted by Crippen LogP contribution is -2.40. The average molecular weight is 279 g/mol. The van der Waals surface area contributed by atoms with Gasteiger partial charge in [0.05, 0.1) is 0 Å². The van der Waals surface area contributed by atoms with Gasteiger partial charge < -0.3 is 11.1 Å². The van der Waals surface area contributed by atoms with Crippen molar-refractivity contribution in [1.29, 1.82) is 0 Å². The van der Waals surface area contributed by atoms with Crippen LogP contribution in [0.25, 0.3) is 0 Å². The Balaban J connectivity index is 1.94. The van der Waals surface area contributed by atoms with E-state index in [-0.39, 0.29) is 11.5 Å². The summed E-state index contributed by atoms with van der Waals surface area (Å²) in [6.07, 6.45) is 2.44. The molecule has 1 amide bonds. The highest BCUT2D eigenvalue weighted by molar-refractivity contribution is 5.95. The highest BCUT2D eigenvalue weighted by Crippen LogP contribution is 2.17. The number of carbonyl (C=O) groups is 1. The lowest BCUT2D eigenvalue weighted by Gasteiger charge is -2.23. The van der Waals surface area contributed by atoms with Crippen molar-refractivity contribution >= 4 is 11.6 Å². The zero-order valence-corrected chi connectivity index (χ0v) is 12.1. The molecule has 110 valence electrons. The molecule has 0 aromatic heterocycles. The maximum atomic E-state index is 13.6. The molecule has 0 radical (unpaired) electrons. The van der Waals surface area contributed by atoms with Crippen LogP contribution in [0.4, 0.5) is 10.1 Å². The highest BCUT2D eigenvalue weighted by atomic mass is 19.1. The third-order valence-corrected chi connectivity index (χ3v) is 3.97. The second-order valence-electron chi connectivity index (χ2n) is 5.47. The number of hydrogen-bond acceptors (Lipinski definition) is 3. The number of anilines is 1. The molecule has 1 unspecified atom stereocenters. The molecule has 1 saturated heterocycles. The number of nitrogen functional groups attached to an aromatic ring is 1. The molecule has 1 aromatic rings. The molecule has 0 bridgehead atoms. The van der Waals surface area contributed by atoms with E-state index in [9.17, 15) is 9.18 Å². The lowest BCUT2D eigenvalue weighted by molar-refractivity contribution is 0.0940. The first-order valence-electron chi connectivity index (χ1n) is 7.07. The first-order chi connectivity index (χ1) is 9.49. The number of nitrogens with one attached hydrogen (secondary N) is 1. The van der Waals surface area contributed by atoms with Gasteiger partial charge in [-0.25, -0.2) is 4.39 Å². The third kappa shape index (κ3) is 3.28. The fourth-order valence-corrected chi connectivity index (χ4v) is 2.49. The molecule has 1 fully saturated rings. The molecule has 1 atom stereocenters. The summed E-state index contributed by atoms with van der Waals surface area (Å²) in [5.74, 6) is -0.718. The molecule has 1 aromatic carbocycles. The van der Waals surface area contributed by atoms with Crippen LogP contribution in [0.15, 0.2) is 12.1 Å². The minimum absolute atomic E-state index is 0.276. The summed E-state index contributed by atoms with van der Waals surface area (Å²) in [5, 5.41) is 2.85. The van der Waals surface area contributed by atoms with Gasteiger partial charge in [-0.3, -0.25) is 9.69 Å². The van der Waals surface area contributed by atoms with Crippen LogP contribution in [-0.4, -0.2) is 36.5 Å². The summed E-state index contributed by atoms with van der Waals surface area (Å²) in [4.78, 5) is 14.4. The van der Waals surface area contributed by atoms with Crippen LogP contribution in [0.1, 0.15) is 35.7 Å². The molecule has 5 heteroatoms. The van der Waals surface area contributed by atoms with Crippen LogP contribution in [0.5, 0.6) is 0 Å². The zero-order valence-electron chi connectivity index (χ0n) is 12.1. The smallest absolute Gasteiger partial charge is 0.251 e. The highest BCUT2D eigenvalue weighted by Gasteiger charge is 2.19. The molecule has 1 aliphatic heterocycles. The van der Waals surface area contributed by atoms with Crippen LogP contribution in [0.2, 0.25) is 0 Å². The predicted octanol–water partition coefficient (Wildman–Crippen LogP) is 1.93. The van der Waals surface area contributed by atoms with Crippen molar-refractivity contribution in [2.45, 2.75) is 32.7 Å². The Morgan fingerprint density at radius 3 is 2.70 bits per heavy atom. The van der Waals surface area contributed by atoms with Crippen molar-refractivity contribution in [3.05, 3.63) is 29.1 Å². The van der Waals surface area contributed by atoms with E-state index in [0.717, 1.165) is 13.1 Å². The van der Waals surface area contributed by atoms with E-state index in [1.165, 1.54) is 25.0 Å². The van der Waals surface area contributed by atoms with Gasteiger partial charge in [0.25, 0.3) is 5.91 Å². The second kappa shape index (κ2) is 6.22. The van der Waals surface area contributed by atoms with Crippen LogP contribution in [-0.2, 0) is 0 Å². The Hall–Kier alpha value is -1.62. The molecular weight excluding hydrogens is 257 g/mol. The predicted molar refractivity (Wildman–Crippen MR) is 78.2 cm³/mol. The van der Waals surface area contributed by atoms with E-state index in [1.807, 2.05) is 0 Å². The van der Waals surface area contributed by atoms with Crippen molar-refractivity contribution in [3.63, 3.8) is 0 Å². The third-order valence-electron chi connectivity index (χ3n) is 3.97. The summed E-state index contributed by atoms with van der Waals surface area (Å²) >= 11 is 0. The minimum atomic E-state index is -0.442. The van der Waals surface area contributed by atoms with Crippen LogP contribution < -0.4 is 11.1 Å². The maximum absolute atomic E-state index is 13.6. The molecule has 0 spiro atoms. The Morgan fingerprint density at radius 2 is 2.10 bits per heavy atom. The normalized spacial score (nSPS) is 17.1. The van der Waals surface area contributed by atoms with Gasteiger partial charge in [0.15, 0.2) is 0 Å². The van der Waals surface area contributed by atoms with E-state index >= 15 is 0 Å². The standard InChI is InChI=1S/C15H22FN3O/c1-10(19-5-3-4-6-19)9-18-15(20)12-7-13(16)11(2)14(17)8-12/h7-8,10H,3-6,9,17H2,1-2H3,(H,18,20). The van der Waals surface area contributed by atoms with Gasteiger partial charge in [0, 0.05) is 29.4 Å². The molecule has 0 saturated carbocycles. The number of benzene rings is 1. The van der Waals surface area contributed by atoms with Crippen molar-refractivity contribution < 1.29 is 9.18 Å². The van der Waals surface area contributed by atoms with E-state index in [4.69, 9.17) is 5.73 Å². The fraction of sp³-hybridized carbons (Fsp3) is 0.533. The van der Waals surface area contributed by atoms with Gasteiger partial charge in [-0.1, -0.05) is 0 Å². The van der Waals surface area contributed by atoms with Gasteiger partial charge >= 0.3 is 0 Å².